The molecule has 0 saturated heterocycles. The summed E-state index contributed by atoms with van der Waals surface area (Å²) >= 11 is 0. The Morgan fingerprint density at radius 2 is 1.85 bits per heavy atom. The van der Waals surface area contributed by atoms with Crippen LogP contribution in [-0.4, -0.2) is 43.9 Å². The van der Waals surface area contributed by atoms with E-state index in [9.17, 15) is 23.4 Å². The first-order chi connectivity index (χ1) is 15.9. The predicted octanol–water partition coefficient (Wildman–Crippen LogP) is 3.25. The third kappa shape index (κ3) is 5.38. The van der Waals surface area contributed by atoms with E-state index in [4.69, 9.17) is 0 Å². The quantitative estimate of drug-likeness (QED) is 0.504. The molecule has 1 aliphatic carbocycles. The van der Waals surface area contributed by atoms with Gasteiger partial charge in [-0.2, -0.15) is 13.2 Å². The molecule has 3 N–H and O–H groups in total. The topological polar surface area (TPSA) is 91.2 Å². The molecule has 2 heterocycles. The summed E-state index contributed by atoms with van der Waals surface area (Å²) in [5, 5.41) is 23.6. The van der Waals surface area contributed by atoms with E-state index in [1.54, 1.807) is 36.8 Å². The largest absolute Gasteiger partial charge is 0.416 e. The minimum Gasteiger partial charge on any atom is -0.396 e. The average Bonchev–Trinajstić information content (AvgIpc) is 3.11. The third-order valence-corrected chi connectivity index (χ3v) is 6.22. The molecule has 1 aromatic carbocycles. The fourth-order valence-corrected chi connectivity index (χ4v) is 4.56. The van der Waals surface area contributed by atoms with Crippen LogP contribution in [0.15, 0.2) is 61.1 Å². The van der Waals surface area contributed by atoms with Gasteiger partial charge in [-0.25, -0.2) is 9.97 Å². The molecule has 9 heteroatoms. The Morgan fingerprint density at radius 3 is 2.58 bits per heavy atom. The lowest BCUT2D eigenvalue weighted by Gasteiger charge is -2.25. The Kier molecular flexibility index (Phi) is 7.02. The van der Waals surface area contributed by atoms with Gasteiger partial charge in [0.1, 0.15) is 0 Å². The van der Waals surface area contributed by atoms with Crippen LogP contribution in [0.1, 0.15) is 23.2 Å². The first kappa shape index (κ1) is 23.3. The summed E-state index contributed by atoms with van der Waals surface area (Å²) in [5.41, 5.74) is 0.960. The first-order valence-corrected chi connectivity index (χ1v) is 10.8. The van der Waals surface area contributed by atoms with Crippen LogP contribution in [0.25, 0.3) is 11.4 Å². The Labute approximate surface area is 189 Å². The lowest BCUT2D eigenvalue weighted by atomic mass is 9.88. The van der Waals surface area contributed by atoms with Gasteiger partial charge in [0.25, 0.3) is 0 Å². The molecule has 0 bridgehead atoms. The van der Waals surface area contributed by atoms with Crippen molar-refractivity contribution < 1.29 is 23.4 Å². The van der Waals surface area contributed by atoms with E-state index in [1.807, 2.05) is 6.07 Å². The summed E-state index contributed by atoms with van der Waals surface area (Å²) in [6, 6.07) is 10.6. The maximum Gasteiger partial charge on any atom is 0.416 e. The van der Waals surface area contributed by atoms with Gasteiger partial charge < -0.3 is 15.5 Å². The number of aliphatic hydroxyl groups excluding tert-OH is 2. The second kappa shape index (κ2) is 9.94. The Morgan fingerprint density at radius 1 is 1.03 bits per heavy atom. The number of pyridine rings is 1. The molecule has 174 valence electrons. The van der Waals surface area contributed by atoms with Gasteiger partial charge in [0.05, 0.1) is 11.7 Å². The minimum atomic E-state index is -4.44. The zero-order valence-corrected chi connectivity index (χ0v) is 17.8. The summed E-state index contributed by atoms with van der Waals surface area (Å²) in [6.45, 7) is -0.212. The van der Waals surface area contributed by atoms with E-state index in [2.05, 4.69) is 20.3 Å². The van der Waals surface area contributed by atoms with Gasteiger partial charge in [0.2, 0.25) is 0 Å². The van der Waals surface area contributed by atoms with Gasteiger partial charge >= 0.3 is 6.18 Å². The molecule has 0 amide bonds. The average molecular weight is 458 g/mol. The number of aromatic nitrogens is 3. The van der Waals surface area contributed by atoms with Crippen molar-refractivity contribution in [2.24, 2.45) is 11.8 Å². The highest BCUT2D eigenvalue weighted by Gasteiger charge is 2.42. The third-order valence-electron chi connectivity index (χ3n) is 6.22. The lowest BCUT2D eigenvalue weighted by Crippen LogP contribution is -2.36. The number of halogens is 3. The summed E-state index contributed by atoms with van der Waals surface area (Å²) in [6.07, 6.45) is 0.552. The van der Waals surface area contributed by atoms with Crippen LogP contribution in [0.5, 0.6) is 0 Å². The van der Waals surface area contributed by atoms with Crippen LogP contribution in [0.2, 0.25) is 0 Å². The molecule has 2 aromatic heterocycles. The molecule has 0 unspecified atom stereocenters. The maximum absolute atomic E-state index is 13.4. The van der Waals surface area contributed by atoms with Gasteiger partial charge in [-0.1, -0.05) is 18.2 Å². The van der Waals surface area contributed by atoms with E-state index in [-0.39, 0.29) is 30.7 Å². The van der Waals surface area contributed by atoms with Crippen LogP contribution in [-0.2, 0) is 19.1 Å². The molecule has 1 saturated carbocycles. The molecule has 1 aliphatic rings. The molecule has 0 aliphatic heterocycles. The highest BCUT2D eigenvalue weighted by Crippen LogP contribution is 2.36. The summed E-state index contributed by atoms with van der Waals surface area (Å²) in [5.74, 6) is -0.0971. The number of nitrogens with one attached hydrogen (secondary N) is 1. The van der Waals surface area contributed by atoms with Crippen LogP contribution >= 0.6 is 0 Å². The minimum absolute atomic E-state index is 0.00638. The van der Waals surface area contributed by atoms with Crippen LogP contribution in [0.3, 0.4) is 0 Å². The second-order valence-corrected chi connectivity index (χ2v) is 8.27. The van der Waals surface area contributed by atoms with E-state index in [0.717, 1.165) is 17.3 Å². The number of alkyl halides is 3. The Bertz CT molecular complexity index is 1060. The molecule has 0 spiro atoms. The SMILES string of the molecule is OC[C@@H]1[C@@H](Cc2ccnc(-c3cccnc3)n2)[C@H](NCc2ccccc2C(F)(F)F)C[C@H]1O. The highest BCUT2D eigenvalue weighted by molar-refractivity contribution is 5.52. The van der Waals surface area contributed by atoms with Crippen molar-refractivity contribution >= 4 is 0 Å². The van der Waals surface area contributed by atoms with Crippen molar-refractivity contribution in [3.8, 4) is 11.4 Å². The molecule has 0 radical (unpaired) electrons. The number of hydrogen-bond acceptors (Lipinski definition) is 6. The van der Waals surface area contributed by atoms with Crippen molar-refractivity contribution in [2.45, 2.75) is 37.7 Å². The second-order valence-electron chi connectivity index (χ2n) is 8.27. The van der Waals surface area contributed by atoms with Gasteiger partial charge in [0, 0.05) is 55.0 Å². The molecule has 4 atom stereocenters. The zero-order valence-electron chi connectivity index (χ0n) is 17.8. The number of rotatable bonds is 7. The number of hydrogen-bond donors (Lipinski definition) is 3. The van der Waals surface area contributed by atoms with Crippen molar-refractivity contribution in [3.63, 3.8) is 0 Å². The smallest absolute Gasteiger partial charge is 0.396 e. The van der Waals surface area contributed by atoms with Crippen LogP contribution < -0.4 is 5.32 Å². The van der Waals surface area contributed by atoms with Gasteiger partial charge in [-0.3, -0.25) is 4.98 Å². The van der Waals surface area contributed by atoms with Crippen molar-refractivity contribution in [1.29, 1.82) is 0 Å². The van der Waals surface area contributed by atoms with E-state index in [0.29, 0.717) is 18.7 Å². The fraction of sp³-hybridized carbons (Fsp3) is 0.375. The standard InChI is InChI=1S/C24H25F3N4O2/c25-24(26,27)20-6-2-1-4-15(20)13-30-21-11-22(33)19(14-32)18(21)10-17-7-9-29-23(31-17)16-5-3-8-28-12-16/h1-9,12,18-19,21-22,30,32-33H,10-11,13-14H2/t18-,19-,21-,22-/m1/s1. The summed E-state index contributed by atoms with van der Waals surface area (Å²) in [7, 11) is 0. The molecule has 1 fully saturated rings. The van der Waals surface area contributed by atoms with Crippen molar-refractivity contribution in [3.05, 3.63) is 77.9 Å². The van der Waals surface area contributed by atoms with Gasteiger partial charge in [-0.15, -0.1) is 0 Å². The molecular formula is C24H25F3N4O2. The number of aliphatic hydroxyl groups is 2. The monoisotopic (exact) mass is 458 g/mol. The fourth-order valence-electron chi connectivity index (χ4n) is 4.56. The van der Waals surface area contributed by atoms with E-state index < -0.39 is 23.8 Å². The number of benzene rings is 1. The molecule has 3 aromatic rings. The van der Waals surface area contributed by atoms with Crippen LogP contribution in [0, 0.1) is 11.8 Å². The Hall–Kier alpha value is -2.88. The molecular weight excluding hydrogens is 433 g/mol. The van der Waals surface area contributed by atoms with Gasteiger partial charge in [-0.05, 0) is 48.6 Å². The molecule has 4 rings (SSSR count). The maximum atomic E-state index is 13.4. The lowest BCUT2D eigenvalue weighted by molar-refractivity contribution is -0.138. The summed E-state index contributed by atoms with van der Waals surface area (Å²) in [4.78, 5) is 13.0. The van der Waals surface area contributed by atoms with Crippen molar-refractivity contribution in [1.82, 2.24) is 20.3 Å². The van der Waals surface area contributed by atoms with Crippen molar-refractivity contribution in [2.75, 3.05) is 6.61 Å². The summed E-state index contributed by atoms with van der Waals surface area (Å²) < 4.78 is 40.1. The highest BCUT2D eigenvalue weighted by atomic mass is 19.4. The van der Waals surface area contributed by atoms with Crippen LogP contribution in [0.4, 0.5) is 13.2 Å². The molecule has 6 nitrogen and oxygen atoms in total. The molecule has 33 heavy (non-hydrogen) atoms. The Balaban J connectivity index is 1.53. The number of nitrogens with zero attached hydrogens (tertiary/aromatic N) is 3. The predicted molar refractivity (Wildman–Crippen MR) is 116 cm³/mol. The normalized spacial score (nSPS) is 23.1. The first-order valence-electron chi connectivity index (χ1n) is 10.8. The van der Waals surface area contributed by atoms with E-state index in [1.165, 1.54) is 12.1 Å². The zero-order chi connectivity index (χ0) is 23.4. The van der Waals surface area contributed by atoms with Gasteiger partial charge in [0.15, 0.2) is 5.82 Å². The van der Waals surface area contributed by atoms with E-state index >= 15 is 0 Å².